The number of pyridine rings is 1. The number of aromatic nitrogens is 5. The van der Waals surface area contributed by atoms with Gasteiger partial charge >= 0.3 is 0 Å². The number of hydrogen-bond donors (Lipinski definition) is 0. The second-order valence-corrected chi connectivity index (χ2v) is 6.38. The maximum absolute atomic E-state index is 13.9. The van der Waals surface area contributed by atoms with Gasteiger partial charge in [-0.15, -0.1) is 0 Å². The molecule has 1 aromatic carbocycles. The van der Waals surface area contributed by atoms with Gasteiger partial charge in [0.1, 0.15) is 5.75 Å². The van der Waals surface area contributed by atoms with Gasteiger partial charge in [-0.3, -0.25) is 4.68 Å². The van der Waals surface area contributed by atoms with E-state index in [1.54, 1.807) is 47.9 Å². The minimum absolute atomic E-state index is 0.0819. The minimum Gasteiger partial charge on any atom is -0.497 e. The fourth-order valence-corrected chi connectivity index (χ4v) is 3.21. The fourth-order valence-electron chi connectivity index (χ4n) is 3.21. The average molecular weight is 383 g/mol. The van der Waals surface area contributed by atoms with E-state index >= 15 is 0 Å². The molecule has 144 valence electrons. The van der Waals surface area contributed by atoms with Crippen molar-refractivity contribution < 1.29 is 13.5 Å². The van der Waals surface area contributed by atoms with Crippen molar-refractivity contribution in [1.82, 2.24) is 24.5 Å². The van der Waals surface area contributed by atoms with E-state index in [4.69, 9.17) is 4.74 Å². The molecule has 0 atom stereocenters. The molecule has 3 heterocycles. The summed E-state index contributed by atoms with van der Waals surface area (Å²) in [6.45, 7) is 4.36. The van der Waals surface area contributed by atoms with E-state index in [9.17, 15) is 8.78 Å². The summed E-state index contributed by atoms with van der Waals surface area (Å²) in [5, 5.41) is 9.07. The van der Waals surface area contributed by atoms with Gasteiger partial charge in [0.05, 0.1) is 35.8 Å². The number of alkyl halides is 2. The molecule has 6 nitrogen and oxygen atoms in total. The van der Waals surface area contributed by atoms with Crippen molar-refractivity contribution in [1.29, 1.82) is 0 Å². The molecule has 0 saturated carbocycles. The molecule has 0 aliphatic heterocycles. The zero-order valence-electron chi connectivity index (χ0n) is 15.7. The Morgan fingerprint density at radius 2 is 1.93 bits per heavy atom. The van der Waals surface area contributed by atoms with Gasteiger partial charge in [-0.1, -0.05) is 0 Å². The van der Waals surface area contributed by atoms with E-state index in [0.717, 1.165) is 0 Å². The lowest BCUT2D eigenvalue weighted by atomic mass is 10.1. The quantitative estimate of drug-likeness (QED) is 0.507. The molecule has 0 bridgehead atoms. The summed E-state index contributed by atoms with van der Waals surface area (Å²) in [4.78, 5) is 4.66. The van der Waals surface area contributed by atoms with Crippen LogP contribution in [0.15, 0.2) is 42.7 Å². The summed E-state index contributed by atoms with van der Waals surface area (Å²) in [5.74, 6) is 0.700. The van der Waals surface area contributed by atoms with Crippen LogP contribution in [0.5, 0.6) is 5.75 Å². The topological polar surface area (TPSA) is 57.8 Å². The maximum Gasteiger partial charge on any atom is 0.264 e. The van der Waals surface area contributed by atoms with E-state index in [-0.39, 0.29) is 5.56 Å². The molecule has 28 heavy (non-hydrogen) atoms. The van der Waals surface area contributed by atoms with Crippen LogP contribution in [0.2, 0.25) is 0 Å². The monoisotopic (exact) mass is 383 g/mol. The molecule has 4 rings (SSSR count). The molecule has 0 aliphatic carbocycles. The molecule has 0 spiro atoms. The normalized spacial score (nSPS) is 11.5. The number of halogens is 2. The summed E-state index contributed by atoms with van der Waals surface area (Å²) in [5.41, 5.74) is 2.65. The number of benzene rings is 1. The van der Waals surface area contributed by atoms with E-state index in [1.165, 1.54) is 6.07 Å². The van der Waals surface area contributed by atoms with Crippen LogP contribution in [0.3, 0.4) is 0 Å². The van der Waals surface area contributed by atoms with Crippen LogP contribution >= 0.6 is 0 Å². The van der Waals surface area contributed by atoms with Crippen molar-refractivity contribution in [2.24, 2.45) is 0 Å². The second-order valence-electron chi connectivity index (χ2n) is 6.38. The summed E-state index contributed by atoms with van der Waals surface area (Å²) in [6, 6.07) is 8.65. The molecule has 4 aromatic rings. The van der Waals surface area contributed by atoms with Crippen molar-refractivity contribution in [2.75, 3.05) is 7.11 Å². The molecule has 0 saturated heterocycles. The Bertz CT molecular complexity index is 1130. The lowest BCUT2D eigenvalue weighted by Crippen LogP contribution is -2.00. The van der Waals surface area contributed by atoms with Gasteiger partial charge in [0, 0.05) is 23.9 Å². The van der Waals surface area contributed by atoms with Crippen LogP contribution in [0, 0.1) is 6.92 Å². The smallest absolute Gasteiger partial charge is 0.264 e. The highest BCUT2D eigenvalue weighted by atomic mass is 19.3. The lowest BCUT2D eigenvalue weighted by molar-refractivity contribution is 0.153. The Morgan fingerprint density at radius 3 is 2.54 bits per heavy atom. The summed E-state index contributed by atoms with van der Waals surface area (Å²) in [6.07, 6.45) is 0.788. The van der Waals surface area contributed by atoms with Crippen molar-refractivity contribution >= 4 is 11.0 Å². The van der Waals surface area contributed by atoms with Crippen molar-refractivity contribution in [3.8, 4) is 22.7 Å². The van der Waals surface area contributed by atoms with Gasteiger partial charge in [0.15, 0.2) is 5.65 Å². The second kappa shape index (κ2) is 7.03. The number of fused-ring (bicyclic) bond motifs is 1. The standard InChI is InChI=1S/C20H19F2N5O/c1-4-26-11-13(10-23-26)17-9-16(19(21)22)18-12(2)25-27(20(18)24-17)14-5-7-15(28-3)8-6-14/h5-11,19H,4H2,1-3H3. The molecule has 3 aromatic heterocycles. The predicted molar refractivity (Wildman–Crippen MR) is 102 cm³/mol. The zero-order valence-corrected chi connectivity index (χ0v) is 15.7. The molecular formula is C20H19F2N5O. The van der Waals surface area contributed by atoms with E-state index in [1.807, 2.05) is 19.1 Å². The molecule has 0 fully saturated rings. The third-order valence-electron chi connectivity index (χ3n) is 4.65. The van der Waals surface area contributed by atoms with Gasteiger partial charge in [0.2, 0.25) is 0 Å². The first-order valence-electron chi connectivity index (χ1n) is 8.87. The lowest BCUT2D eigenvalue weighted by Gasteiger charge is -2.08. The third-order valence-corrected chi connectivity index (χ3v) is 4.65. The third kappa shape index (κ3) is 3.00. The van der Waals surface area contributed by atoms with Crippen LogP contribution < -0.4 is 4.74 Å². The Labute approximate surface area is 160 Å². The van der Waals surface area contributed by atoms with Crippen LogP contribution in [0.1, 0.15) is 24.6 Å². The molecule has 8 heteroatoms. The number of aryl methyl sites for hydroxylation is 2. The maximum atomic E-state index is 13.9. The fraction of sp³-hybridized carbons (Fsp3) is 0.250. The van der Waals surface area contributed by atoms with Gasteiger partial charge in [0.25, 0.3) is 6.43 Å². The van der Waals surface area contributed by atoms with Crippen LogP contribution in [-0.4, -0.2) is 31.7 Å². The molecule has 0 unspecified atom stereocenters. The Kier molecular flexibility index (Phi) is 4.54. The first kappa shape index (κ1) is 18.1. The Balaban J connectivity index is 1.96. The predicted octanol–water partition coefficient (Wildman–Crippen LogP) is 4.56. The molecular weight excluding hydrogens is 364 g/mol. The van der Waals surface area contributed by atoms with Crippen LogP contribution in [-0.2, 0) is 6.54 Å². The van der Waals surface area contributed by atoms with E-state index < -0.39 is 6.43 Å². The van der Waals surface area contributed by atoms with Crippen molar-refractivity contribution in [3.63, 3.8) is 0 Å². The Morgan fingerprint density at radius 1 is 1.18 bits per heavy atom. The molecule has 0 amide bonds. The van der Waals surface area contributed by atoms with E-state index in [0.29, 0.717) is 46.0 Å². The minimum atomic E-state index is -2.64. The van der Waals surface area contributed by atoms with Crippen molar-refractivity contribution in [3.05, 3.63) is 54.0 Å². The summed E-state index contributed by atoms with van der Waals surface area (Å²) < 4.78 is 36.2. The van der Waals surface area contributed by atoms with Crippen LogP contribution in [0.25, 0.3) is 28.0 Å². The van der Waals surface area contributed by atoms with Gasteiger partial charge in [-0.05, 0) is 44.2 Å². The Hall–Kier alpha value is -3.29. The first-order chi connectivity index (χ1) is 13.5. The molecule has 0 aliphatic rings. The highest BCUT2D eigenvalue weighted by molar-refractivity contribution is 5.86. The number of nitrogens with zero attached hydrogens (tertiary/aromatic N) is 5. The zero-order chi connectivity index (χ0) is 19.8. The number of rotatable bonds is 5. The molecule has 0 N–H and O–H groups in total. The average Bonchev–Trinajstić information content (AvgIpc) is 3.32. The van der Waals surface area contributed by atoms with Gasteiger partial charge < -0.3 is 4.74 Å². The van der Waals surface area contributed by atoms with Gasteiger partial charge in [-0.25, -0.2) is 18.4 Å². The largest absolute Gasteiger partial charge is 0.497 e. The number of ether oxygens (including phenoxy) is 1. The first-order valence-corrected chi connectivity index (χ1v) is 8.87. The number of methoxy groups -OCH3 is 1. The van der Waals surface area contributed by atoms with E-state index in [2.05, 4.69) is 15.2 Å². The highest BCUT2D eigenvalue weighted by Gasteiger charge is 2.22. The summed E-state index contributed by atoms with van der Waals surface area (Å²) in [7, 11) is 1.58. The SMILES string of the molecule is CCn1cc(-c2cc(C(F)F)c3c(C)nn(-c4ccc(OC)cc4)c3n2)cn1. The highest BCUT2D eigenvalue weighted by Crippen LogP contribution is 2.34. The van der Waals surface area contributed by atoms with Crippen LogP contribution in [0.4, 0.5) is 8.78 Å². The number of hydrogen-bond acceptors (Lipinski definition) is 4. The van der Waals surface area contributed by atoms with Crippen molar-refractivity contribution in [2.45, 2.75) is 26.8 Å². The van der Waals surface area contributed by atoms with Gasteiger partial charge in [-0.2, -0.15) is 10.2 Å². The molecule has 0 radical (unpaired) electrons. The summed E-state index contributed by atoms with van der Waals surface area (Å²) >= 11 is 0.